The maximum Gasteiger partial charge on any atom is 0.237 e. The third-order valence-corrected chi connectivity index (χ3v) is 6.70. The standard InChI is InChI=1S/C26H24FN5O2S/c27-20-8-10-22(11-9-20)32-25(19-12-14-28-15-13-19)29-30-26(32)35-18-24(33)31(17-23-7-4-16-34-23)21-5-2-1-3-6-21/h4-5,7-16H,1-3,6,17-18H2. The number of pyridine rings is 1. The number of aromatic nitrogens is 4. The van der Waals surface area contributed by atoms with Gasteiger partial charge in [0.2, 0.25) is 5.91 Å². The Morgan fingerprint density at radius 1 is 1.09 bits per heavy atom. The fraction of sp³-hybridized carbons (Fsp3) is 0.231. The maximum atomic E-state index is 13.6. The van der Waals surface area contributed by atoms with Gasteiger partial charge in [0.05, 0.1) is 18.6 Å². The van der Waals surface area contributed by atoms with E-state index < -0.39 is 0 Å². The van der Waals surface area contributed by atoms with Crippen LogP contribution in [0.2, 0.25) is 0 Å². The lowest BCUT2D eigenvalue weighted by Gasteiger charge is -2.27. The van der Waals surface area contributed by atoms with Gasteiger partial charge >= 0.3 is 0 Å². The Morgan fingerprint density at radius 3 is 2.63 bits per heavy atom. The molecule has 3 aromatic heterocycles. The maximum absolute atomic E-state index is 13.6. The minimum absolute atomic E-state index is 0.0290. The first-order chi connectivity index (χ1) is 17.2. The number of rotatable bonds is 8. The first kappa shape index (κ1) is 23.0. The summed E-state index contributed by atoms with van der Waals surface area (Å²) in [6.07, 6.45) is 11.2. The Bertz CT molecular complexity index is 1300. The molecule has 9 heteroatoms. The SMILES string of the molecule is O=C(CSc1nnc(-c2ccncc2)n1-c1ccc(F)cc1)N(Cc1ccco1)C1=CCCCC1. The summed E-state index contributed by atoms with van der Waals surface area (Å²) < 4.78 is 21.0. The summed E-state index contributed by atoms with van der Waals surface area (Å²) >= 11 is 1.31. The second-order valence-electron chi connectivity index (χ2n) is 8.14. The number of carbonyl (C=O) groups excluding carboxylic acids is 1. The highest BCUT2D eigenvalue weighted by atomic mass is 32.2. The molecule has 5 rings (SSSR count). The number of nitrogens with zero attached hydrogens (tertiary/aromatic N) is 5. The molecule has 3 heterocycles. The second-order valence-corrected chi connectivity index (χ2v) is 9.09. The van der Waals surface area contributed by atoms with Crippen molar-refractivity contribution in [3.63, 3.8) is 0 Å². The van der Waals surface area contributed by atoms with Crippen LogP contribution in [0.3, 0.4) is 0 Å². The number of thioether (sulfide) groups is 1. The van der Waals surface area contributed by atoms with Crippen LogP contribution in [0.4, 0.5) is 4.39 Å². The molecule has 0 aliphatic heterocycles. The molecular formula is C26H24FN5O2S. The number of benzene rings is 1. The Balaban J connectivity index is 1.42. The van der Waals surface area contributed by atoms with E-state index in [1.54, 1.807) is 30.8 Å². The average molecular weight is 490 g/mol. The normalized spacial score (nSPS) is 13.5. The van der Waals surface area contributed by atoms with Gasteiger partial charge in [-0.25, -0.2) is 4.39 Å². The Labute approximate surface area is 206 Å². The first-order valence-corrected chi connectivity index (χ1v) is 12.4. The van der Waals surface area contributed by atoms with Gasteiger partial charge in [0.15, 0.2) is 11.0 Å². The largest absolute Gasteiger partial charge is 0.467 e. The van der Waals surface area contributed by atoms with E-state index in [2.05, 4.69) is 21.3 Å². The van der Waals surface area contributed by atoms with Gasteiger partial charge in [-0.1, -0.05) is 17.8 Å². The van der Waals surface area contributed by atoms with Crippen LogP contribution in [0.1, 0.15) is 31.4 Å². The molecule has 1 amide bonds. The van der Waals surface area contributed by atoms with Crippen molar-refractivity contribution >= 4 is 17.7 Å². The summed E-state index contributed by atoms with van der Waals surface area (Å²) in [6.45, 7) is 0.394. The molecule has 0 N–H and O–H groups in total. The van der Waals surface area contributed by atoms with Crippen LogP contribution in [-0.4, -0.2) is 36.3 Å². The number of carbonyl (C=O) groups is 1. The monoisotopic (exact) mass is 489 g/mol. The lowest BCUT2D eigenvalue weighted by atomic mass is 10.0. The Morgan fingerprint density at radius 2 is 1.91 bits per heavy atom. The number of hydrogen-bond donors (Lipinski definition) is 0. The molecule has 35 heavy (non-hydrogen) atoms. The minimum atomic E-state index is -0.328. The molecule has 1 aromatic carbocycles. The third kappa shape index (κ3) is 5.35. The highest BCUT2D eigenvalue weighted by molar-refractivity contribution is 7.99. The van der Waals surface area contributed by atoms with E-state index in [0.29, 0.717) is 23.2 Å². The van der Waals surface area contributed by atoms with Crippen molar-refractivity contribution in [2.45, 2.75) is 37.4 Å². The van der Waals surface area contributed by atoms with E-state index >= 15 is 0 Å². The van der Waals surface area contributed by atoms with E-state index in [1.807, 2.05) is 33.7 Å². The van der Waals surface area contributed by atoms with Crippen molar-refractivity contribution in [2.75, 3.05) is 5.75 Å². The van der Waals surface area contributed by atoms with Crippen LogP contribution in [-0.2, 0) is 11.3 Å². The van der Waals surface area contributed by atoms with E-state index in [9.17, 15) is 9.18 Å². The molecule has 7 nitrogen and oxygen atoms in total. The number of amides is 1. The van der Waals surface area contributed by atoms with Crippen molar-refractivity contribution in [1.29, 1.82) is 0 Å². The summed E-state index contributed by atoms with van der Waals surface area (Å²) in [5.74, 6) is 1.15. The van der Waals surface area contributed by atoms with Gasteiger partial charge in [-0.15, -0.1) is 10.2 Å². The highest BCUT2D eigenvalue weighted by Crippen LogP contribution is 2.29. The van der Waals surface area contributed by atoms with E-state index in [0.717, 1.165) is 42.7 Å². The van der Waals surface area contributed by atoms with Gasteiger partial charge in [0.25, 0.3) is 0 Å². The highest BCUT2D eigenvalue weighted by Gasteiger charge is 2.23. The van der Waals surface area contributed by atoms with Crippen molar-refractivity contribution in [3.05, 3.63) is 90.5 Å². The molecule has 0 bridgehead atoms. The molecule has 1 aliphatic carbocycles. The van der Waals surface area contributed by atoms with E-state index in [1.165, 1.54) is 23.9 Å². The lowest BCUT2D eigenvalue weighted by Crippen LogP contribution is -2.32. The third-order valence-electron chi connectivity index (χ3n) is 5.79. The first-order valence-electron chi connectivity index (χ1n) is 11.5. The lowest BCUT2D eigenvalue weighted by molar-refractivity contribution is -0.127. The van der Waals surface area contributed by atoms with Crippen LogP contribution in [0.15, 0.2) is 88.5 Å². The zero-order valence-electron chi connectivity index (χ0n) is 19.0. The fourth-order valence-corrected chi connectivity index (χ4v) is 4.88. The van der Waals surface area contributed by atoms with E-state index in [4.69, 9.17) is 4.42 Å². The summed E-state index contributed by atoms with van der Waals surface area (Å²) in [5.41, 5.74) is 2.57. The molecule has 0 radical (unpaired) electrons. The number of hydrogen-bond acceptors (Lipinski definition) is 6. The van der Waals surface area contributed by atoms with Crippen molar-refractivity contribution in [2.24, 2.45) is 0 Å². The number of halogens is 1. The summed E-state index contributed by atoms with van der Waals surface area (Å²) in [7, 11) is 0. The van der Waals surface area contributed by atoms with Gasteiger partial charge in [-0.05, 0) is 74.2 Å². The molecule has 0 saturated heterocycles. The van der Waals surface area contributed by atoms with Gasteiger partial charge in [-0.3, -0.25) is 14.3 Å². The second kappa shape index (κ2) is 10.7. The summed E-state index contributed by atoms with van der Waals surface area (Å²) in [5, 5.41) is 9.30. The topological polar surface area (TPSA) is 77.1 Å². The molecule has 178 valence electrons. The smallest absolute Gasteiger partial charge is 0.237 e. The fourth-order valence-electron chi connectivity index (χ4n) is 4.05. The molecule has 0 saturated carbocycles. The van der Waals surface area contributed by atoms with Crippen molar-refractivity contribution in [3.8, 4) is 17.1 Å². The average Bonchev–Trinajstić information content (AvgIpc) is 3.57. The molecule has 0 atom stereocenters. The number of allylic oxidation sites excluding steroid dienone is 2. The summed E-state index contributed by atoms with van der Waals surface area (Å²) in [4.78, 5) is 19.3. The van der Waals surface area contributed by atoms with Crippen LogP contribution in [0.25, 0.3) is 17.1 Å². The van der Waals surface area contributed by atoms with Crippen LogP contribution in [0, 0.1) is 5.82 Å². The molecule has 4 aromatic rings. The predicted molar refractivity (Wildman–Crippen MR) is 131 cm³/mol. The van der Waals surface area contributed by atoms with Crippen molar-refractivity contribution in [1.82, 2.24) is 24.6 Å². The number of furan rings is 1. The Hall–Kier alpha value is -3.72. The van der Waals surface area contributed by atoms with Crippen LogP contribution in [0.5, 0.6) is 0 Å². The van der Waals surface area contributed by atoms with Crippen LogP contribution < -0.4 is 0 Å². The van der Waals surface area contributed by atoms with Gasteiger partial charge < -0.3 is 9.32 Å². The van der Waals surface area contributed by atoms with E-state index in [-0.39, 0.29) is 17.5 Å². The predicted octanol–water partition coefficient (Wildman–Crippen LogP) is 5.64. The van der Waals surface area contributed by atoms with Gasteiger partial charge in [-0.2, -0.15) is 0 Å². The molecule has 1 aliphatic rings. The minimum Gasteiger partial charge on any atom is -0.467 e. The van der Waals surface area contributed by atoms with Gasteiger partial charge in [0, 0.05) is 29.3 Å². The molecule has 0 spiro atoms. The van der Waals surface area contributed by atoms with Crippen LogP contribution >= 0.6 is 11.8 Å². The molecular weight excluding hydrogens is 465 g/mol. The van der Waals surface area contributed by atoms with Gasteiger partial charge in [0.1, 0.15) is 11.6 Å². The molecule has 0 fully saturated rings. The zero-order valence-corrected chi connectivity index (χ0v) is 19.8. The Kier molecular flexibility index (Phi) is 7.04. The summed E-state index contributed by atoms with van der Waals surface area (Å²) in [6, 6.07) is 13.5. The zero-order chi connectivity index (χ0) is 24.0. The molecule has 0 unspecified atom stereocenters. The quantitative estimate of drug-likeness (QED) is 0.298. The van der Waals surface area contributed by atoms with Crippen molar-refractivity contribution < 1.29 is 13.6 Å².